The summed E-state index contributed by atoms with van der Waals surface area (Å²) < 4.78 is 5.25. The number of hydrogen-bond acceptors (Lipinski definition) is 6. The van der Waals surface area contributed by atoms with Crippen LogP contribution in [0.2, 0.25) is 0 Å². The van der Waals surface area contributed by atoms with Crippen LogP contribution in [0.15, 0.2) is 59.3 Å². The highest BCUT2D eigenvalue weighted by molar-refractivity contribution is 5.77. The van der Waals surface area contributed by atoms with E-state index >= 15 is 0 Å². The smallest absolute Gasteiger partial charge is 0.227 e. The van der Waals surface area contributed by atoms with Crippen molar-refractivity contribution in [1.29, 1.82) is 0 Å². The van der Waals surface area contributed by atoms with Crippen LogP contribution in [-0.2, 0) is 11.2 Å². The summed E-state index contributed by atoms with van der Waals surface area (Å²) in [4.78, 5) is 22.9. The molecule has 1 aromatic carbocycles. The van der Waals surface area contributed by atoms with Gasteiger partial charge in [-0.25, -0.2) is 0 Å². The van der Waals surface area contributed by atoms with E-state index in [-0.39, 0.29) is 17.9 Å². The van der Waals surface area contributed by atoms with Crippen LogP contribution in [0.4, 0.5) is 0 Å². The Kier molecular flexibility index (Phi) is 4.93. The van der Waals surface area contributed by atoms with Crippen LogP contribution in [-0.4, -0.2) is 45.1 Å². The van der Waals surface area contributed by atoms with Crippen molar-refractivity contribution < 1.29 is 9.32 Å². The average Bonchev–Trinajstić information content (AvgIpc) is 3.34. The molecule has 1 fully saturated rings. The van der Waals surface area contributed by atoms with Crippen molar-refractivity contribution in [3.63, 3.8) is 0 Å². The molecule has 2 aromatic heterocycles. The molecule has 0 unspecified atom stereocenters. The Bertz CT molecular complexity index is 897. The van der Waals surface area contributed by atoms with E-state index in [0.29, 0.717) is 43.3 Å². The SMILES string of the molecule is N[C@@H]1CN(C(=O)CCc2nc(-c3ccccn3)no2)C[C@H]1c1ccccc1. The first-order valence-electron chi connectivity index (χ1n) is 9.03. The van der Waals surface area contributed by atoms with Gasteiger partial charge in [0, 0.05) is 44.1 Å². The highest BCUT2D eigenvalue weighted by Crippen LogP contribution is 2.27. The Hall–Kier alpha value is -3.06. The Morgan fingerprint density at radius 1 is 1.15 bits per heavy atom. The second-order valence-corrected chi connectivity index (χ2v) is 6.71. The van der Waals surface area contributed by atoms with Crippen LogP contribution in [0.25, 0.3) is 11.5 Å². The van der Waals surface area contributed by atoms with Crippen LogP contribution in [0, 0.1) is 0 Å². The molecule has 0 saturated carbocycles. The van der Waals surface area contributed by atoms with E-state index < -0.39 is 0 Å². The predicted molar refractivity (Wildman–Crippen MR) is 99.6 cm³/mol. The third-order valence-corrected chi connectivity index (χ3v) is 4.86. The van der Waals surface area contributed by atoms with Crippen molar-refractivity contribution in [2.45, 2.75) is 24.8 Å². The van der Waals surface area contributed by atoms with Crippen molar-refractivity contribution in [2.24, 2.45) is 5.73 Å². The molecule has 3 heterocycles. The highest BCUT2D eigenvalue weighted by atomic mass is 16.5. The fraction of sp³-hybridized carbons (Fsp3) is 0.300. The number of carbonyl (C=O) groups excluding carboxylic acids is 1. The van der Waals surface area contributed by atoms with E-state index in [1.165, 1.54) is 5.56 Å². The lowest BCUT2D eigenvalue weighted by Gasteiger charge is -2.16. The molecule has 1 saturated heterocycles. The normalized spacial score (nSPS) is 19.4. The maximum absolute atomic E-state index is 12.6. The largest absolute Gasteiger partial charge is 0.340 e. The predicted octanol–water partition coefficient (Wildman–Crippen LogP) is 2.02. The summed E-state index contributed by atoms with van der Waals surface area (Å²) in [6, 6.07) is 15.6. The van der Waals surface area contributed by atoms with E-state index in [1.807, 2.05) is 41.3 Å². The van der Waals surface area contributed by atoms with Crippen molar-refractivity contribution in [3.05, 3.63) is 66.2 Å². The fourth-order valence-corrected chi connectivity index (χ4v) is 3.41. The Morgan fingerprint density at radius 3 is 2.74 bits per heavy atom. The lowest BCUT2D eigenvalue weighted by Crippen LogP contribution is -2.32. The number of nitrogens with zero attached hydrogens (tertiary/aromatic N) is 4. The Morgan fingerprint density at radius 2 is 1.96 bits per heavy atom. The molecule has 1 amide bonds. The zero-order chi connectivity index (χ0) is 18.6. The summed E-state index contributed by atoms with van der Waals surface area (Å²) in [6.07, 6.45) is 2.40. The number of aromatic nitrogens is 3. The monoisotopic (exact) mass is 363 g/mol. The third kappa shape index (κ3) is 3.88. The summed E-state index contributed by atoms with van der Waals surface area (Å²) in [5, 5.41) is 3.93. The lowest BCUT2D eigenvalue weighted by atomic mass is 9.95. The number of benzene rings is 1. The molecule has 2 atom stereocenters. The quantitative estimate of drug-likeness (QED) is 0.745. The summed E-state index contributed by atoms with van der Waals surface area (Å²) in [7, 11) is 0. The van der Waals surface area contributed by atoms with E-state index in [9.17, 15) is 4.79 Å². The lowest BCUT2D eigenvalue weighted by molar-refractivity contribution is -0.130. The topological polar surface area (TPSA) is 98.1 Å². The summed E-state index contributed by atoms with van der Waals surface area (Å²) in [5.74, 6) is 1.10. The fourth-order valence-electron chi connectivity index (χ4n) is 3.41. The summed E-state index contributed by atoms with van der Waals surface area (Å²) in [6.45, 7) is 1.22. The van der Waals surface area contributed by atoms with Crippen LogP contribution in [0.1, 0.15) is 23.8 Å². The molecule has 3 aromatic rings. The van der Waals surface area contributed by atoms with Crippen LogP contribution < -0.4 is 5.73 Å². The summed E-state index contributed by atoms with van der Waals surface area (Å²) in [5.41, 5.74) is 8.10. The summed E-state index contributed by atoms with van der Waals surface area (Å²) >= 11 is 0. The first-order valence-corrected chi connectivity index (χ1v) is 9.03. The van der Waals surface area contributed by atoms with Crippen molar-refractivity contribution >= 4 is 5.91 Å². The Labute approximate surface area is 157 Å². The molecule has 0 aliphatic carbocycles. The highest BCUT2D eigenvalue weighted by Gasteiger charge is 2.33. The van der Waals surface area contributed by atoms with Crippen molar-refractivity contribution in [2.75, 3.05) is 13.1 Å². The van der Waals surface area contributed by atoms with Gasteiger partial charge in [-0.05, 0) is 17.7 Å². The number of aryl methyl sites for hydroxylation is 1. The van der Waals surface area contributed by atoms with Gasteiger partial charge in [0.2, 0.25) is 17.6 Å². The first kappa shape index (κ1) is 17.4. The number of carbonyl (C=O) groups is 1. The van der Waals surface area contributed by atoms with Crippen LogP contribution in [0.3, 0.4) is 0 Å². The van der Waals surface area contributed by atoms with Gasteiger partial charge in [0.1, 0.15) is 5.69 Å². The molecule has 2 N–H and O–H groups in total. The van der Waals surface area contributed by atoms with Gasteiger partial charge < -0.3 is 15.2 Å². The van der Waals surface area contributed by atoms with Crippen molar-refractivity contribution in [3.8, 4) is 11.5 Å². The molecule has 4 rings (SSSR count). The number of amides is 1. The zero-order valence-electron chi connectivity index (χ0n) is 14.9. The van der Waals surface area contributed by atoms with E-state index in [4.69, 9.17) is 10.3 Å². The molecule has 0 spiro atoms. The van der Waals surface area contributed by atoms with E-state index in [2.05, 4.69) is 27.3 Å². The number of rotatable bonds is 5. The van der Waals surface area contributed by atoms with Crippen LogP contribution >= 0.6 is 0 Å². The van der Waals surface area contributed by atoms with Gasteiger partial charge in [-0.1, -0.05) is 41.6 Å². The second kappa shape index (κ2) is 7.67. The van der Waals surface area contributed by atoms with E-state index in [0.717, 1.165) is 0 Å². The minimum Gasteiger partial charge on any atom is -0.340 e. The second-order valence-electron chi connectivity index (χ2n) is 6.71. The van der Waals surface area contributed by atoms with E-state index in [1.54, 1.807) is 6.20 Å². The first-order chi connectivity index (χ1) is 13.2. The Balaban J connectivity index is 1.34. The maximum Gasteiger partial charge on any atom is 0.227 e. The molecular weight excluding hydrogens is 342 g/mol. The van der Waals surface area contributed by atoms with Gasteiger partial charge in [-0.15, -0.1) is 0 Å². The van der Waals surface area contributed by atoms with Gasteiger partial charge in [0.25, 0.3) is 0 Å². The van der Waals surface area contributed by atoms with Gasteiger partial charge in [-0.3, -0.25) is 9.78 Å². The van der Waals surface area contributed by atoms with Crippen LogP contribution in [0.5, 0.6) is 0 Å². The zero-order valence-corrected chi connectivity index (χ0v) is 14.9. The van der Waals surface area contributed by atoms with Gasteiger partial charge in [0.15, 0.2) is 0 Å². The number of pyridine rings is 1. The molecule has 138 valence electrons. The molecule has 0 bridgehead atoms. The molecule has 7 nitrogen and oxygen atoms in total. The molecule has 7 heteroatoms. The van der Waals surface area contributed by atoms with Crippen molar-refractivity contribution in [1.82, 2.24) is 20.0 Å². The van der Waals surface area contributed by atoms with Gasteiger partial charge in [-0.2, -0.15) is 4.98 Å². The molecule has 1 aliphatic heterocycles. The third-order valence-electron chi connectivity index (χ3n) is 4.86. The molecule has 0 radical (unpaired) electrons. The minimum absolute atomic E-state index is 0.0458. The average molecular weight is 363 g/mol. The number of nitrogens with two attached hydrogens (primary N) is 1. The maximum atomic E-state index is 12.6. The number of likely N-dealkylation sites (tertiary alicyclic amines) is 1. The van der Waals surface area contributed by atoms with Gasteiger partial charge >= 0.3 is 0 Å². The standard InChI is InChI=1S/C20H21N5O2/c21-16-13-25(12-15(16)14-6-2-1-3-7-14)19(26)10-9-18-23-20(24-27-18)17-8-4-5-11-22-17/h1-8,11,15-16H,9-10,12-13,21H2/t15-,16+/m0/s1. The molecule has 27 heavy (non-hydrogen) atoms. The number of hydrogen-bond donors (Lipinski definition) is 1. The molecule has 1 aliphatic rings. The molecular formula is C20H21N5O2. The minimum atomic E-state index is -0.0458. The van der Waals surface area contributed by atoms with Gasteiger partial charge in [0.05, 0.1) is 0 Å².